The summed E-state index contributed by atoms with van der Waals surface area (Å²) in [6.45, 7) is 0.519. The van der Waals surface area contributed by atoms with E-state index in [1.807, 2.05) is 0 Å². The van der Waals surface area contributed by atoms with E-state index in [1.165, 1.54) is 0 Å². The first-order chi connectivity index (χ1) is 6.68. The van der Waals surface area contributed by atoms with Crippen LogP contribution in [-0.4, -0.2) is 23.8 Å². The van der Waals surface area contributed by atoms with Gasteiger partial charge in [-0.2, -0.15) is 0 Å². The van der Waals surface area contributed by atoms with Gasteiger partial charge in [0.2, 0.25) is 0 Å². The lowest BCUT2D eigenvalue weighted by Crippen LogP contribution is -2.31. The lowest BCUT2D eigenvalue weighted by Gasteiger charge is -2.18. The molecule has 5 heteroatoms. The van der Waals surface area contributed by atoms with Gasteiger partial charge in [-0.25, -0.2) is 4.39 Å². The van der Waals surface area contributed by atoms with Crippen LogP contribution in [0, 0.1) is 5.82 Å². The highest BCUT2D eigenvalue weighted by molar-refractivity contribution is 6.58. The number of hydrogen-bond donors (Lipinski definition) is 2. The summed E-state index contributed by atoms with van der Waals surface area (Å²) in [5, 5.41) is 17.8. The van der Waals surface area contributed by atoms with Gasteiger partial charge in [-0.15, -0.1) is 0 Å². The third kappa shape index (κ3) is 1.60. The molecular formula is C9H10BFO3. The molecule has 1 aromatic rings. The molecule has 2 rings (SSSR count). The van der Waals surface area contributed by atoms with Gasteiger partial charge in [0.1, 0.15) is 0 Å². The largest absolute Gasteiger partial charge is 0.490 e. The Bertz CT molecular complexity index is 354. The second-order valence-electron chi connectivity index (χ2n) is 3.32. The fraction of sp³-hybridized carbons (Fsp3) is 0.333. The Morgan fingerprint density at radius 3 is 2.86 bits per heavy atom. The number of fused-ring (bicyclic) bond motifs is 1. The van der Waals surface area contributed by atoms with E-state index in [-0.39, 0.29) is 11.2 Å². The van der Waals surface area contributed by atoms with Crippen LogP contribution in [0.3, 0.4) is 0 Å². The molecule has 0 amide bonds. The first-order valence-corrected chi connectivity index (χ1v) is 4.50. The fourth-order valence-electron chi connectivity index (χ4n) is 1.61. The SMILES string of the molecule is OB(O)c1cc(F)c2c(c1)CCCO2. The molecule has 0 unspecified atom stereocenters. The molecule has 0 bridgehead atoms. The van der Waals surface area contributed by atoms with E-state index in [9.17, 15) is 4.39 Å². The minimum absolute atomic E-state index is 0.173. The van der Waals surface area contributed by atoms with Crippen molar-refractivity contribution in [3.8, 4) is 5.75 Å². The number of halogens is 1. The molecule has 14 heavy (non-hydrogen) atoms. The van der Waals surface area contributed by atoms with Crippen LogP contribution >= 0.6 is 0 Å². The standard InChI is InChI=1S/C9H10BFO3/c11-8-5-7(10(12)13)4-6-2-1-3-14-9(6)8/h4-5,12-13H,1-3H2. The summed E-state index contributed by atoms with van der Waals surface area (Å²) in [4.78, 5) is 0. The van der Waals surface area contributed by atoms with Crippen molar-refractivity contribution in [1.29, 1.82) is 0 Å². The summed E-state index contributed by atoms with van der Waals surface area (Å²) < 4.78 is 18.5. The monoisotopic (exact) mass is 196 g/mol. The van der Waals surface area contributed by atoms with Crippen molar-refractivity contribution in [2.24, 2.45) is 0 Å². The quantitative estimate of drug-likeness (QED) is 0.613. The summed E-state index contributed by atoms with van der Waals surface area (Å²) in [5.74, 6) is -0.272. The van der Waals surface area contributed by atoms with Gasteiger partial charge in [0.15, 0.2) is 11.6 Å². The normalized spacial score (nSPS) is 14.5. The maximum Gasteiger partial charge on any atom is 0.488 e. The van der Waals surface area contributed by atoms with E-state index < -0.39 is 12.9 Å². The number of aryl methyl sites for hydroxylation is 1. The molecule has 1 aliphatic rings. The molecule has 1 aromatic carbocycles. The van der Waals surface area contributed by atoms with Crippen LogP contribution in [0.1, 0.15) is 12.0 Å². The lowest BCUT2D eigenvalue weighted by atomic mass is 9.79. The average molecular weight is 196 g/mol. The van der Waals surface area contributed by atoms with Crippen molar-refractivity contribution < 1.29 is 19.2 Å². The van der Waals surface area contributed by atoms with Crippen molar-refractivity contribution in [2.75, 3.05) is 6.61 Å². The average Bonchev–Trinajstić information content (AvgIpc) is 2.17. The summed E-state index contributed by atoms with van der Waals surface area (Å²) >= 11 is 0. The summed E-state index contributed by atoms with van der Waals surface area (Å²) in [5.41, 5.74) is 0.881. The molecule has 3 nitrogen and oxygen atoms in total. The topological polar surface area (TPSA) is 49.7 Å². The van der Waals surface area contributed by atoms with Crippen LogP contribution < -0.4 is 10.2 Å². The first kappa shape index (κ1) is 9.49. The highest BCUT2D eigenvalue weighted by Crippen LogP contribution is 2.26. The Morgan fingerprint density at radius 2 is 2.14 bits per heavy atom. The van der Waals surface area contributed by atoms with Gasteiger partial charge in [-0.1, -0.05) is 6.07 Å². The van der Waals surface area contributed by atoms with Crippen molar-refractivity contribution >= 4 is 12.6 Å². The van der Waals surface area contributed by atoms with Crippen molar-refractivity contribution in [3.63, 3.8) is 0 Å². The zero-order chi connectivity index (χ0) is 10.1. The molecule has 1 heterocycles. The maximum absolute atomic E-state index is 13.3. The van der Waals surface area contributed by atoms with Crippen LogP contribution in [0.15, 0.2) is 12.1 Å². The number of hydrogen-bond acceptors (Lipinski definition) is 3. The number of benzene rings is 1. The Morgan fingerprint density at radius 1 is 1.36 bits per heavy atom. The molecular weight excluding hydrogens is 186 g/mol. The Kier molecular flexibility index (Phi) is 2.43. The number of ether oxygens (including phenoxy) is 1. The minimum Gasteiger partial charge on any atom is -0.490 e. The molecule has 0 saturated heterocycles. The van der Waals surface area contributed by atoms with Gasteiger partial charge < -0.3 is 14.8 Å². The van der Waals surface area contributed by atoms with Gasteiger partial charge in [0, 0.05) is 0 Å². The van der Waals surface area contributed by atoms with Crippen LogP contribution in [0.5, 0.6) is 5.75 Å². The zero-order valence-electron chi connectivity index (χ0n) is 7.53. The molecule has 0 atom stereocenters. The Hall–Kier alpha value is -1.07. The summed E-state index contributed by atoms with van der Waals surface area (Å²) in [6, 6.07) is 2.66. The molecule has 0 spiro atoms. The zero-order valence-corrected chi connectivity index (χ0v) is 7.53. The summed E-state index contributed by atoms with van der Waals surface area (Å²) in [6.07, 6.45) is 1.55. The van der Waals surface area contributed by atoms with Crippen molar-refractivity contribution in [2.45, 2.75) is 12.8 Å². The van der Waals surface area contributed by atoms with E-state index >= 15 is 0 Å². The molecule has 2 N–H and O–H groups in total. The third-order valence-electron chi connectivity index (χ3n) is 2.28. The molecule has 1 aliphatic heterocycles. The summed E-state index contributed by atoms with van der Waals surface area (Å²) in [7, 11) is -1.63. The Labute approximate surface area is 81.3 Å². The van der Waals surface area contributed by atoms with Gasteiger partial charge in [-0.3, -0.25) is 0 Å². The molecule has 0 aliphatic carbocycles. The maximum atomic E-state index is 13.3. The predicted octanol–water partition coefficient (Wildman–Crippen LogP) is -0.170. The lowest BCUT2D eigenvalue weighted by molar-refractivity contribution is 0.273. The molecule has 0 saturated carbocycles. The first-order valence-electron chi connectivity index (χ1n) is 4.50. The molecule has 0 radical (unpaired) electrons. The van der Waals surface area contributed by atoms with Crippen LogP contribution in [0.4, 0.5) is 4.39 Å². The minimum atomic E-state index is -1.63. The predicted molar refractivity (Wildman–Crippen MR) is 50.0 cm³/mol. The van der Waals surface area contributed by atoms with Gasteiger partial charge >= 0.3 is 7.12 Å². The van der Waals surface area contributed by atoms with E-state index in [0.29, 0.717) is 18.6 Å². The fourth-order valence-corrected chi connectivity index (χ4v) is 1.61. The van der Waals surface area contributed by atoms with Gasteiger partial charge in [0.05, 0.1) is 6.61 Å². The van der Waals surface area contributed by atoms with E-state index in [4.69, 9.17) is 14.8 Å². The van der Waals surface area contributed by atoms with E-state index in [2.05, 4.69) is 0 Å². The molecule has 74 valence electrons. The molecule has 0 aromatic heterocycles. The van der Waals surface area contributed by atoms with Crippen LogP contribution in [-0.2, 0) is 6.42 Å². The van der Waals surface area contributed by atoms with Crippen molar-refractivity contribution in [1.82, 2.24) is 0 Å². The third-order valence-corrected chi connectivity index (χ3v) is 2.28. The van der Waals surface area contributed by atoms with E-state index in [1.54, 1.807) is 6.07 Å². The van der Waals surface area contributed by atoms with Crippen LogP contribution in [0.2, 0.25) is 0 Å². The van der Waals surface area contributed by atoms with E-state index in [0.717, 1.165) is 12.5 Å². The second-order valence-corrected chi connectivity index (χ2v) is 3.32. The Balaban J connectivity index is 2.46. The highest BCUT2D eigenvalue weighted by atomic mass is 19.1. The number of rotatable bonds is 1. The van der Waals surface area contributed by atoms with Gasteiger partial charge in [0.25, 0.3) is 0 Å². The second kappa shape index (κ2) is 3.59. The highest BCUT2D eigenvalue weighted by Gasteiger charge is 2.20. The molecule has 0 fully saturated rings. The smallest absolute Gasteiger partial charge is 0.488 e. The van der Waals surface area contributed by atoms with Gasteiger partial charge in [-0.05, 0) is 29.9 Å². The van der Waals surface area contributed by atoms with Crippen LogP contribution in [0.25, 0.3) is 0 Å². The van der Waals surface area contributed by atoms with Crippen molar-refractivity contribution in [3.05, 3.63) is 23.5 Å².